The summed E-state index contributed by atoms with van der Waals surface area (Å²) < 4.78 is 0. The Hall–Kier alpha value is -1.31. The van der Waals surface area contributed by atoms with Gasteiger partial charge in [-0.3, -0.25) is 4.79 Å². The number of hydrogen-bond donors (Lipinski definition) is 0. The Morgan fingerprint density at radius 2 is 1.82 bits per heavy atom. The van der Waals surface area contributed by atoms with Crippen LogP contribution in [0, 0.1) is 19.8 Å². The van der Waals surface area contributed by atoms with Crippen molar-refractivity contribution < 1.29 is 4.79 Å². The molecule has 1 aromatic carbocycles. The molecular weight excluding hydrogens is 210 g/mol. The van der Waals surface area contributed by atoms with Crippen molar-refractivity contribution in [1.29, 1.82) is 0 Å². The second-order valence-corrected chi connectivity index (χ2v) is 5.06. The minimum Gasteiger partial charge on any atom is -0.312 e. The highest BCUT2D eigenvalue weighted by atomic mass is 16.2. The Balaban J connectivity index is 2.24. The van der Waals surface area contributed by atoms with Crippen molar-refractivity contribution in [3.05, 3.63) is 29.3 Å². The van der Waals surface area contributed by atoms with E-state index in [1.54, 1.807) is 0 Å². The molecule has 2 rings (SSSR count). The Morgan fingerprint density at radius 1 is 1.24 bits per heavy atom. The molecule has 0 aromatic heterocycles. The van der Waals surface area contributed by atoms with E-state index in [9.17, 15) is 4.79 Å². The van der Waals surface area contributed by atoms with Gasteiger partial charge in [0.15, 0.2) is 0 Å². The molecule has 92 valence electrons. The van der Waals surface area contributed by atoms with Gasteiger partial charge in [0, 0.05) is 18.2 Å². The second-order valence-electron chi connectivity index (χ2n) is 5.06. The van der Waals surface area contributed by atoms with E-state index >= 15 is 0 Å². The molecule has 0 spiro atoms. The molecule has 0 unspecified atom stereocenters. The van der Waals surface area contributed by atoms with Crippen LogP contribution in [-0.4, -0.2) is 12.5 Å². The standard InChI is InChI=1S/C15H21NO/c1-4-16(15(17)13-6-5-7-13)14-9-11(2)8-12(3)10-14/h8-10,13H,4-7H2,1-3H3. The van der Waals surface area contributed by atoms with Gasteiger partial charge in [0.25, 0.3) is 0 Å². The molecule has 0 atom stereocenters. The lowest BCUT2D eigenvalue weighted by Crippen LogP contribution is -2.38. The summed E-state index contributed by atoms with van der Waals surface area (Å²) in [6.45, 7) is 6.97. The number of amides is 1. The first kappa shape index (κ1) is 12.2. The maximum absolute atomic E-state index is 12.3. The third kappa shape index (κ3) is 2.51. The Morgan fingerprint density at radius 3 is 2.24 bits per heavy atom. The van der Waals surface area contributed by atoms with Crippen LogP contribution in [0.15, 0.2) is 18.2 Å². The van der Waals surface area contributed by atoms with Gasteiger partial charge in [-0.2, -0.15) is 0 Å². The number of rotatable bonds is 3. The van der Waals surface area contributed by atoms with Crippen LogP contribution in [0.5, 0.6) is 0 Å². The largest absolute Gasteiger partial charge is 0.312 e. The first-order valence-electron chi connectivity index (χ1n) is 6.51. The molecule has 17 heavy (non-hydrogen) atoms. The van der Waals surface area contributed by atoms with Gasteiger partial charge in [-0.15, -0.1) is 0 Å². The highest BCUT2D eigenvalue weighted by Crippen LogP contribution is 2.30. The number of aryl methyl sites for hydroxylation is 2. The van der Waals surface area contributed by atoms with Crippen molar-refractivity contribution in [2.45, 2.75) is 40.0 Å². The minimum atomic E-state index is 0.274. The summed E-state index contributed by atoms with van der Waals surface area (Å²) in [5.74, 6) is 0.583. The fraction of sp³-hybridized carbons (Fsp3) is 0.533. The second kappa shape index (κ2) is 4.91. The average molecular weight is 231 g/mol. The lowest BCUT2D eigenvalue weighted by molar-refractivity contribution is -0.124. The highest BCUT2D eigenvalue weighted by Gasteiger charge is 2.29. The van der Waals surface area contributed by atoms with Crippen LogP contribution in [0.3, 0.4) is 0 Å². The molecular formula is C15H21NO. The van der Waals surface area contributed by atoms with Gasteiger partial charge in [0.05, 0.1) is 0 Å². The van der Waals surface area contributed by atoms with E-state index in [2.05, 4.69) is 32.0 Å². The smallest absolute Gasteiger partial charge is 0.230 e. The third-order valence-corrected chi connectivity index (χ3v) is 3.55. The molecule has 1 aliphatic rings. The fourth-order valence-corrected chi connectivity index (χ4v) is 2.45. The third-order valence-electron chi connectivity index (χ3n) is 3.55. The summed E-state index contributed by atoms with van der Waals surface area (Å²) in [6.07, 6.45) is 3.35. The molecule has 1 fully saturated rings. The number of carbonyl (C=O) groups excluding carboxylic acids is 1. The van der Waals surface area contributed by atoms with Gasteiger partial charge < -0.3 is 4.90 Å². The maximum Gasteiger partial charge on any atom is 0.230 e. The maximum atomic E-state index is 12.3. The Kier molecular flexibility index (Phi) is 3.51. The van der Waals surface area contributed by atoms with Crippen molar-refractivity contribution in [3.8, 4) is 0 Å². The van der Waals surface area contributed by atoms with E-state index in [4.69, 9.17) is 0 Å². The summed E-state index contributed by atoms with van der Waals surface area (Å²) in [7, 11) is 0. The van der Waals surface area contributed by atoms with Gasteiger partial charge in [-0.1, -0.05) is 12.5 Å². The zero-order chi connectivity index (χ0) is 12.4. The predicted molar refractivity (Wildman–Crippen MR) is 71.3 cm³/mol. The van der Waals surface area contributed by atoms with Crippen molar-refractivity contribution in [2.75, 3.05) is 11.4 Å². The first-order valence-corrected chi connectivity index (χ1v) is 6.51. The van der Waals surface area contributed by atoms with E-state index < -0.39 is 0 Å². The van der Waals surface area contributed by atoms with Crippen LogP contribution in [0.4, 0.5) is 5.69 Å². The zero-order valence-electron chi connectivity index (χ0n) is 11.0. The number of benzene rings is 1. The van der Waals surface area contributed by atoms with Gasteiger partial charge >= 0.3 is 0 Å². The lowest BCUT2D eigenvalue weighted by atomic mass is 9.84. The molecule has 0 aliphatic heterocycles. The van der Waals surface area contributed by atoms with Crippen LogP contribution < -0.4 is 4.90 Å². The molecule has 0 heterocycles. The van der Waals surface area contributed by atoms with Crippen molar-refractivity contribution in [2.24, 2.45) is 5.92 Å². The zero-order valence-corrected chi connectivity index (χ0v) is 11.0. The summed E-state index contributed by atoms with van der Waals surface area (Å²) >= 11 is 0. The van der Waals surface area contributed by atoms with Crippen LogP contribution in [0.25, 0.3) is 0 Å². The van der Waals surface area contributed by atoms with Gasteiger partial charge in [-0.25, -0.2) is 0 Å². The minimum absolute atomic E-state index is 0.274. The van der Waals surface area contributed by atoms with Crippen molar-refractivity contribution in [1.82, 2.24) is 0 Å². The van der Waals surface area contributed by atoms with Gasteiger partial charge in [0.2, 0.25) is 5.91 Å². The molecule has 1 amide bonds. The number of carbonyl (C=O) groups is 1. The first-order chi connectivity index (χ1) is 8.11. The Bertz CT molecular complexity index is 401. The van der Waals surface area contributed by atoms with Crippen LogP contribution in [0.1, 0.15) is 37.3 Å². The predicted octanol–water partition coefficient (Wildman–Crippen LogP) is 3.46. The molecule has 1 aliphatic carbocycles. The summed E-state index contributed by atoms with van der Waals surface area (Å²) in [5, 5.41) is 0. The highest BCUT2D eigenvalue weighted by molar-refractivity contribution is 5.95. The van der Waals surface area contributed by atoms with Crippen molar-refractivity contribution >= 4 is 11.6 Å². The fourth-order valence-electron chi connectivity index (χ4n) is 2.45. The summed E-state index contributed by atoms with van der Waals surface area (Å²) in [4.78, 5) is 14.2. The monoisotopic (exact) mass is 231 g/mol. The molecule has 1 saturated carbocycles. The summed E-state index contributed by atoms with van der Waals surface area (Å²) in [5.41, 5.74) is 3.50. The lowest BCUT2D eigenvalue weighted by Gasteiger charge is -2.31. The molecule has 2 nitrogen and oxygen atoms in total. The van der Waals surface area contributed by atoms with Crippen LogP contribution in [0.2, 0.25) is 0 Å². The molecule has 0 N–H and O–H groups in total. The molecule has 2 heteroatoms. The topological polar surface area (TPSA) is 20.3 Å². The number of nitrogens with zero attached hydrogens (tertiary/aromatic N) is 1. The molecule has 0 radical (unpaired) electrons. The van der Waals surface area contributed by atoms with Crippen molar-refractivity contribution in [3.63, 3.8) is 0 Å². The molecule has 0 bridgehead atoms. The van der Waals surface area contributed by atoms with Crippen LogP contribution in [-0.2, 0) is 4.79 Å². The van der Waals surface area contributed by atoms with E-state index in [-0.39, 0.29) is 5.92 Å². The van der Waals surface area contributed by atoms with E-state index in [1.807, 2.05) is 11.8 Å². The summed E-state index contributed by atoms with van der Waals surface area (Å²) in [6, 6.07) is 6.35. The van der Waals surface area contributed by atoms with Gasteiger partial charge in [-0.05, 0) is 56.9 Å². The van der Waals surface area contributed by atoms with E-state index in [0.29, 0.717) is 5.91 Å². The van der Waals surface area contributed by atoms with E-state index in [1.165, 1.54) is 17.5 Å². The van der Waals surface area contributed by atoms with Crippen LogP contribution >= 0.6 is 0 Å². The quantitative estimate of drug-likeness (QED) is 0.780. The molecule has 0 saturated heterocycles. The number of hydrogen-bond acceptors (Lipinski definition) is 1. The normalized spacial score (nSPS) is 15.5. The SMILES string of the molecule is CCN(C(=O)C1CCC1)c1cc(C)cc(C)c1. The molecule has 1 aromatic rings. The number of anilines is 1. The average Bonchev–Trinajstić information content (AvgIpc) is 2.14. The van der Waals surface area contributed by atoms with Gasteiger partial charge in [0.1, 0.15) is 0 Å². The Labute approximate surface area is 104 Å². The van der Waals surface area contributed by atoms with E-state index in [0.717, 1.165) is 25.1 Å².